The summed E-state index contributed by atoms with van der Waals surface area (Å²) in [6, 6.07) is 0. The summed E-state index contributed by atoms with van der Waals surface area (Å²) in [6.45, 7) is 2.59. The second-order valence-corrected chi connectivity index (χ2v) is 12.5. The minimum absolute atomic E-state index is 0.621. The van der Waals surface area contributed by atoms with Gasteiger partial charge in [0.1, 0.15) is 0 Å². The van der Waals surface area contributed by atoms with Crippen LogP contribution in [0.5, 0.6) is 0 Å². The lowest BCUT2D eigenvalue weighted by Gasteiger charge is -2.61. The van der Waals surface area contributed by atoms with E-state index in [1.165, 1.54) is 48.7 Å². The number of hydrogen-bond acceptors (Lipinski definition) is 4. The number of thioether (sulfide) groups is 4. The second kappa shape index (κ2) is 3.95. The maximum atomic E-state index is 2.59. The van der Waals surface area contributed by atoms with Crippen molar-refractivity contribution in [3.8, 4) is 0 Å². The van der Waals surface area contributed by atoms with Gasteiger partial charge in [-0.15, -0.1) is 47.0 Å². The van der Waals surface area contributed by atoms with Gasteiger partial charge in [0.2, 0.25) is 0 Å². The highest BCUT2D eigenvalue weighted by atomic mass is 32.2. The number of hydrogen-bond donors (Lipinski definition) is 0. The average molecular weight is 305 g/mol. The highest BCUT2D eigenvalue weighted by Crippen LogP contribution is 2.74. The molecule has 2 saturated heterocycles. The Kier molecular flexibility index (Phi) is 2.83. The topological polar surface area (TPSA) is 0 Å². The van der Waals surface area contributed by atoms with E-state index in [-0.39, 0.29) is 0 Å². The molecule has 0 unspecified atom stereocenters. The molecule has 0 radical (unpaired) electrons. The Morgan fingerprint density at radius 1 is 0.824 bits per heavy atom. The van der Waals surface area contributed by atoms with Gasteiger partial charge < -0.3 is 0 Å². The molecule has 0 amide bonds. The first kappa shape index (κ1) is 12.2. The van der Waals surface area contributed by atoms with Crippen LogP contribution in [0.3, 0.4) is 0 Å². The maximum absolute atomic E-state index is 2.59. The highest BCUT2D eigenvalue weighted by Gasteiger charge is 2.65. The van der Waals surface area contributed by atoms with Crippen molar-refractivity contribution in [3.05, 3.63) is 0 Å². The molecule has 4 heteroatoms. The summed E-state index contributed by atoms with van der Waals surface area (Å²) in [5.74, 6) is 6.61. The Balaban J connectivity index is 1.76. The molecule has 17 heavy (non-hydrogen) atoms. The third-order valence-electron chi connectivity index (χ3n) is 5.00. The van der Waals surface area contributed by atoms with Crippen molar-refractivity contribution in [2.45, 2.75) is 40.8 Å². The molecule has 0 N–H and O–H groups in total. The maximum Gasteiger partial charge on any atom is 0.0666 e. The predicted octanol–water partition coefficient (Wildman–Crippen LogP) is 4.55. The fourth-order valence-corrected chi connectivity index (χ4v) is 13.1. The van der Waals surface area contributed by atoms with Crippen LogP contribution in [0.2, 0.25) is 0 Å². The van der Waals surface area contributed by atoms with Gasteiger partial charge in [0, 0.05) is 28.9 Å². The van der Waals surface area contributed by atoms with Crippen molar-refractivity contribution in [3.63, 3.8) is 0 Å². The summed E-state index contributed by atoms with van der Waals surface area (Å²) in [4.78, 5) is 0. The fourth-order valence-electron chi connectivity index (χ4n) is 4.49. The number of rotatable bonds is 0. The molecule has 0 atom stereocenters. The van der Waals surface area contributed by atoms with Crippen LogP contribution >= 0.6 is 47.0 Å². The van der Waals surface area contributed by atoms with Gasteiger partial charge in [-0.3, -0.25) is 0 Å². The van der Waals surface area contributed by atoms with Crippen LogP contribution in [0.4, 0.5) is 0 Å². The van der Waals surface area contributed by atoms with E-state index in [9.17, 15) is 0 Å². The van der Waals surface area contributed by atoms with Gasteiger partial charge in [-0.1, -0.05) is 6.92 Å². The monoisotopic (exact) mass is 304 g/mol. The zero-order valence-corrected chi connectivity index (χ0v) is 13.6. The quantitative estimate of drug-likeness (QED) is 0.643. The molecule has 0 aromatic carbocycles. The summed E-state index contributed by atoms with van der Waals surface area (Å²) in [6.07, 6.45) is 6.02. The molecule has 5 rings (SSSR count). The largest absolute Gasteiger partial charge is 0.143 e. The van der Waals surface area contributed by atoms with E-state index in [2.05, 4.69) is 54.0 Å². The molecule has 0 nitrogen and oxygen atoms in total. The van der Waals surface area contributed by atoms with Gasteiger partial charge in [0.15, 0.2) is 0 Å². The molecule has 96 valence electrons. The van der Waals surface area contributed by atoms with E-state index in [1.807, 2.05) is 0 Å². The van der Waals surface area contributed by atoms with Crippen molar-refractivity contribution in [1.29, 1.82) is 0 Å². The van der Waals surface area contributed by atoms with Crippen LogP contribution in [0.15, 0.2) is 0 Å². The van der Waals surface area contributed by atoms with Crippen molar-refractivity contribution in [2.24, 2.45) is 11.3 Å². The Labute approximate surface area is 122 Å². The Morgan fingerprint density at radius 3 is 1.71 bits per heavy atom. The molecule has 2 spiro atoms. The van der Waals surface area contributed by atoms with Crippen LogP contribution in [0.1, 0.15) is 32.6 Å². The van der Waals surface area contributed by atoms with Gasteiger partial charge in [0.25, 0.3) is 0 Å². The summed E-state index contributed by atoms with van der Waals surface area (Å²) < 4.78 is 1.24. The van der Waals surface area contributed by atoms with Crippen molar-refractivity contribution in [2.75, 3.05) is 23.0 Å². The zero-order valence-electron chi connectivity index (χ0n) is 10.4. The molecule has 3 aliphatic carbocycles. The second-order valence-electron chi connectivity index (χ2n) is 6.27. The highest BCUT2D eigenvalue weighted by molar-refractivity contribution is 8.23. The van der Waals surface area contributed by atoms with Crippen molar-refractivity contribution >= 4 is 47.0 Å². The van der Waals surface area contributed by atoms with Crippen LogP contribution in [0.25, 0.3) is 0 Å². The fraction of sp³-hybridized carbons (Fsp3) is 1.00. The van der Waals surface area contributed by atoms with Crippen LogP contribution < -0.4 is 0 Å². The summed E-state index contributed by atoms with van der Waals surface area (Å²) in [7, 11) is 0. The minimum Gasteiger partial charge on any atom is -0.143 e. The summed E-state index contributed by atoms with van der Waals surface area (Å²) >= 11 is 9.30. The zero-order chi connectivity index (χ0) is 11.6. The van der Waals surface area contributed by atoms with Gasteiger partial charge in [-0.2, -0.15) is 0 Å². The first-order valence-electron chi connectivity index (χ1n) is 6.72. The lowest BCUT2D eigenvalue weighted by molar-refractivity contribution is 0.0754. The van der Waals surface area contributed by atoms with Crippen LogP contribution in [-0.4, -0.2) is 31.2 Å². The molecule has 2 bridgehead atoms. The third kappa shape index (κ3) is 1.69. The van der Waals surface area contributed by atoms with E-state index < -0.39 is 0 Å². The molecule has 0 aromatic rings. The van der Waals surface area contributed by atoms with Gasteiger partial charge in [0.05, 0.1) is 8.16 Å². The Bertz CT molecular complexity index is 302. The molecule has 0 aromatic heterocycles. The smallest absolute Gasteiger partial charge is 0.0666 e. The van der Waals surface area contributed by atoms with Gasteiger partial charge >= 0.3 is 0 Å². The Hall–Kier alpha value is 1.40. The van der Waals surface area contributed by atoms with E-state index in [1.54, 1.807) is 0 Å². The molecular weight excluding hydrogens is 284 g/mol. The van der Waals surface area contributed by atoms with Crippen LogP contribution in [-0.2, 0) is 0 Å². The van der Waals surface area contributed by atoms with Crippen molar-refractivity contribution < 1.29 is 0 Å². The lowest BCUT2D eigenvalue weighted by atomic mass is 9.60. The summed E-state index contributed by atoms with van der Waals surface area (Å²) in [5.41, 5.74) is 0.656. The average Bonchev–Trinajstić information content (AvgIpc) is 2.88. The van der Waals surface area contributed by atoms with Gasteiger partial charge in [-0.05, 0) is 31.1 Å². The predicted molar refractivity (Wildman–Crippen MR) is 85.4 cm³/mol. The van der Waals surface area contributed by atoms with E-state index in [4.69, 9.17) is 0 Å². The summed E-state index contributed by atoms with van der Waals surface area (Å²) in [5, 5.41) is 0. The normalized spacial score (nSPS) is 46.1. The standard InChI is InChI=1S/C13H20S4/c1-11-3-2-10(12(8-11)14-4-5-15-12)13(9-11)16-6-7-17-13/h10H,2-9H2,1H3. The SMILES string of the molecule is CC12CCC(C3(C1)SCCS3)C1(C2)SCCS1. The minimum atomic E-state index is 0.621. The molecular formula is C13H20S4. The van der Waals surface area contributed by atoms with Crippen molar-refractivity contribution in [1.82, 2.24) is 0 Å². The van der Waals surface area contributed by atoms with E-state index in [0.29, 0.717) is 13.6 Å². The molecule has 2 aliphatic heterocycles. The molecule has 5 fully saturated rings. The first-order valence-corrected chi connectivity index (χ1v) is 10.7. The first-order chi connectivity index (χ1) is 8.17. The lowest BCUT2D eigenvalue weighted by Crippen LogP contribution is -2.57. The van der Waals surface area contributed by atoms with Crippen LogP contribution in [0, 0.1) is 11.3 Å². The van der Waals surface area contributed by atoms with E-state index >= 15 is 0 Å². The third-order valence-corrected chi connectivity index (χ3v) is 12.2. The molecule has 2 heterocycles. The Morgan fingerprint density at radius 2 is 1.29 bits per heavy atom. The van der Waals surface area contributed by atoms with E-state index in [0.717, 1.165) is 5.92 Å². The molecule has 3 saturated carbocycles. The number of fused-ring (bicyclic) bond motifs is 1. The molecule has 5 aliphatic rings. The van der Waals surface area contributed by atoms with Gasteiger partial charge in [-0.25, -0.2) is 0 Å².